The Bertz CT molecular complexity index is 289. The van der Waals surface area contributed by atoms with Crippen LogP contribution in [0.1, 0.15) is 16.8 Å². The molecule has 1 nitrogen and oxygen atoms in total. The molecule has 0 aliphatic carbocycles. The lowest BCUT2D eigenvalue weighted by Gasteiger charge is -2.06. The number of alkyl halides is 2. The molecule has 1 heterocycles. The number of hydrogen-bond donors (Lipinski definition) is 0. The Hall–Kier alpha value is -0.340. The molecule has 0 N–H and O–H groups in total. The fourth-order valence-corrected chi connectivity index (χ4v) is 1.55. The van der Waals surface area contributed by atoms with Crippen molar-refractivity contribution in [3.63, 3.8) is 0 Å². The van der Waals surface area contributed by atoms with Gasteiger partial charge in [0.05, 0.1) is 17.8 Å². The van der Waals surface area contributed by atoms with Crippen molar-refractivity contribution in [2.45, 2.75) is 18.7 Å². The number of pyridine rings is 1. The number of nitrogens with zero attached hydrogens (tertiary/aromatic N) is 1. The Labute approximate surface area is 80.5 Å². The molecule has 12 heavy (non-hydrogen) atoms. The first-order chi connectivity index (χ1) is 5.70. The zero-order valence-corrected chi connectivity index (χ0v) is 8.08. The fraction of sp³-hybridized carbons (Fsp3) is 0.375. The van der Waals surface area contributed by atoms with Gasteiger partial charge in [0, 0.05) is 5.88 Å². The van der Waals surface area contributed by atoms with Gasteiger partial charge in [-0.05, 0) is 18.1 Å². The monoisotopic (exact) mass is 207 g/mol. The van der Waals surface area contributed by atoms with E-state index in [0.717, 1.165) is 0 Å². The van der Waals surface area contributed by atoms with Gasteiger partial charge in [0.2, 0.25) is 0 Å². The summed E-state index contributed by atoms with van der Waals surface area (Å²) in [6, 6.07) is 0. The summed E-state index contributed by atoms with van der Waals surface area (Å²) in [5.74, 6) is 0.182. The predicted molar refractivity (Wildman–Crippen MR) is 48.0 cm³/mol. The maximum Gasteiger partial charge on any atom is 0.144 e. The molecule has 0 aliphatic heterocycles. The van der Waals surface area contributed by atoms with Crippen LogP contribution in [0.25, 0.3) is 0 Å². The first-order valence-corrected chi connectivity index (χ1v) is 4.52. The predicted octanol–water partition coefficient (Wildman–Crippen LogP) is 3.01. The van der Waals surface area contributed by atoms with Crippen molar-refractivity contribution >= 4 is 23.2 Å². The second kappa shape index (κ2) is 4.06. The lowest BCUT2D eigenvalue weighted by molar-refractivity contribution is 0.608. The van der Waals surface area contributed by atoms with Crippen LogP contribution in [0.5, 0.6) is 0 Å². The fourth-order valence-electron chi connectivity index (χ4n) is 0.962. The van der Waals surface area contributed by atoms with Gasteiger partial charge in [-0.3, -0.25) is 4.98 Å². The molecule has 0 unspecified atom stereocenters. The topological polar surface area (TPSA) is 12.9 Å². The van der Waals surface area contributed by atoms with Crippen LogP contribution in [0, 0.1) is 12.7 Å². The van der Waals surface area contributed by atoms with Crippen LogP contribution in [-0.2, 0) is 11.8 Å². The zero-order valence-electron chi connectivity index (χ0n) is 6.57. The molecule has 0 aliphatic rings. The lowest BCUT2D eigenvalue weighted by atomic mass is 10.1. The van der Waals surface area contributed by atoms with Gasteiger partial charge in [-0.25, -0.2) is 4.39 Å². The summed E-state index contributed by atoms with van der Waals surface area (Å²) in [5.41, 5.74) is 1.90. The summed E-state index contributed by atoms with van der Waals surface area (Å²) >= 11 is 11.2. The molecule has 0 atom stereocenters. The molecule has 0 radical (unpaired) electrons. The van der Waals surface area contributed by atoms with E-state index >= 15 is 0 Å². The van der Waals surface area contributed by atoms with Gasteiger partial charge in [0.25, 0.3) is 0 Å². The molecule has 0 amide bonds. The molecule has 4 heteroatoms. The lowest BCUT2D eigenvalue weighted by Crippen LogP contribution is -1.99. The van der Waals surface area contributed by atoms with Crippen molar-refractivity contribution in [1.29, 1.82) is 0 Å². The first-order valence-electron chi connectivity index (χ1n) is 3.45. The summed E-state index contributed by atoms with van der Waals surface area (Å²) in [4.78, 5) is 3.84. The van der Waals surface area contributed by atoms with Crippen LogP contribution in [0.2, 0.25) is 0 Å². The number of halogens is 3. The van der Waals surface area contributed by atoms with Crippen LogP contribution >= 0.6 is 23.2 Å². The minimum atomic E-state index is -0.334. The summed E-state index contributed by atoms with van der Waals surface area (Å²) in [7, 11) is 0. The number of hydrogen-bond acceptors (Lipinski definition) is 1. The minimum Gasteiger partial charge on any atom is -0.257 e. The van der Waals surface area contributed by atoms with E-state index in [-0.39, 0.29) is 17.6 Å². The van der Waals surface area contributed by atoms with Crippen LogP contribution in [0.15, 0.2) is 6.20 Å². The van der Waals surface area contributed by atoms with Crippen molar-refractivity contribution in [2.24, 2.45) is 0 Å². The van der Waals surface area contributed by atoms with E-state index in [4.69, 9.17) is 23.2 Å². The molecular formula is C8H8Cl2FN. The molecule has 0 spiro atoms. The third kappa shape index (κ3) is 1.70. The van der Waals surface area contributed by atoms with Crippen LogP contribution in [-0.4, -0.2) is 4.98 Å². The van der Waals surface area contributed by atoms with Gasteiger partial charge in [-0.2, -0.15) is 0 Å². The molecule has 0 aromatic carbocycles. The third-order valence-corrected chi connectivity index (χ3v) is 2.27. The molecule has 66 valence electrons. The molecule has 0 saturated heterocycles. The van der Waals surface area contributed by atoms with E-state index in [9.17, 15) is 4.39 Å². The van der Waals surface area contributed by atoms with E-state index in [1.54, 1.807) is 6.92 Å². The minimum absolute atomic E-state index is 0.249. The molecule has 1 aromatic heterocycles. The second-order valence-electron chi connectivity index (χ2n) is 2.42. The van der Waals surface area contributed by atoms with Gasteiger partial charge in [-0.1, -0.05) is 0 Å². The van der Waals surface area contributed by atoms with Crippen LogP contribution in [0.3, 0.4) is 0 Å². The maximum absolute atomic E-state index is 12.9. The van der Waals surface area contributed by atoms with Crippen molar-refractivity contribution < 1.29 is 4.39 Å². The molecule has 1 rings (SSSR count). The molecule has 1 aromatic rings. The molecular weight excluding hydrogens is 200 g/mol. The highest BCUT2D eigenvalue weighted by atomic mass is 35.5. The van der Waals surface area contributed by atoms with E-state index in [0.29, 0.717) is 16.8 Å². The average molecular weight is 208 g/mol. The Morgan fingerprint density at radius 1 is 1.42 bits per heavy atom. The summed E-state index contributed by atoms with van der Waals surface area (Å²) < 4.78 is 12.9. The van der Waals surface area contributed by atoms with E-state index in [1.807, 2.05) is 0 Å². The SMILES string of the molecule is Cc1c(F)cnc(CCl)c1CCl. The van der Waals surface area contributed by atoms with E-state index in [2.05, 4.69) is 4.98 Å². The normalized spacial score (nSPS) is 10.3. The average Bonchev–Trinajstić information content (AvgIpc) is 2.09. The third-order valence-electron chi connectivity index (χ3n) is 1.75. The van der Waals surface area contributed by atoms with E-state index < -0.39 is 0 Å². The van der Waals surface area contributed by atoms with Crippen molar-refractivity contribution in [3.05, 3.63) is 28.8 Å². The second-order valence-corrected chi connectivity index (χ2v) is 2.96. The molecule has 0 fully saturated rings. The van der Waals surface area contributed by atoms with Gasteiger partial charge in [-0.15, -0.1) is 23.2 Å². The Balaban J connectivity index is 3.25. The van der Waals surface area contributed by atoms with Crippen molar-refractivity contribution in [1.82, 2.24) is 4.98 Å². The maximum atomic E-state index is 12.9. The smallest absolute Gasteiger partial charge is 0.144 e. The summed E-state index contributed by atoms with van der Waals surface area (Å²) in [5, 5.41) is 0. The Kier molecular flexibility index (Phi) is 3.29. The number of aromatic nitrogens is 1. The van der Waals surface area contributed by atoms with Crippen LogP contribution in [0.4, 0.5) is 4.39 Å². The Morgan fingerprint density at radius 3 is 2.58 bits per heavy atom. The highest BCUT2D eigenvalue weighted by molar-refractivity contribution is 6.18. The highest BCUT2D eigenvalue weighted by Crippen LogP contribution is 2.18. The summed E-state index contributed by atoms with van der Waals surface area (Å²) in [6.07, 6.45) is 1.17. The van der Waals surface area contributed by atoms with Gasteiger partial charge < -0.3 is 0 Å². The van der Waals surface area contributed by atoms with E-state index in [1.165, 1.54) is 6.20 Å². The van der Waals surface area contributed by atoms with Gasteiger partial charge in [0.1, 0.15) is 5.82 Å². The quantitative estimate of drug-likeness (QED) is 0.680. The molecule has 0 bridgehead atoms. The largest absolute Gasteiger partial charge is 0.257 e. The number of rotatable bonds is 2. The zero-order chi connectivity index (χ0) is 9.14. The molecule has 0 saturated carbocycles. The summed E-state index contributed by atoms with van der Waals surface area (Å²) in [6.45, 7) is 1.67. The highest BCUT2D eigenvalue weighted by Gasteiger charge is 2.09. The standard InChI is InChI=1S/C8H8Cl2FN/c1-5-6(2-9)8(3-10)12-4-7(5)11/h4H,2-3H2,1H3. The van der Waals surface area contributed by atoms with Crippen molar-refractivity contribution in [3.8, 4) is 0 Å². The van der Waals surface area contributed by atoms with Crippen molar-refractivity contribution in [2.75, 3.05) is 0 Å². The first kappa shape index (κ1) is 9.75. The van der Waals surface area contributed by atoms with Crippen LogP contribution < -0.4 is 0 Å². The van der Waals surface area contributed by atoms with Gasteiger partial charge in [0.15, 0.2) is 0 Å². The Morgan fingerprint density at radius 2 is 2.08 bits per heavy atom. The van der Waals surface area contributed by atoms with Gasteiger partial charge >= 0.3 is 0 Å².